The van der Waals surface area contributed by atoms with Gasteiger partial charge in [-0.1, -0.05) is 31.1 Å². The van der Waals surface area contributed by atoms with Crippen molar-refractivity contribution in [3.8, 4) is 0 Å². The summed E-state index contributed by atoms with van der Waals surface area (Å²) in [6, 6.07) is 0. The number of rotatable bonds is 0. The molecule has 3 heteroatoms. The molecule has 122 valence electrons. The first-order chi connectivity index (χ1) is 10.4. The van der Waals surface area contributed by atoms with Gasteiger partial charge in [0.1, 0.15) is 0 Å². The summed E-state index contributed by atoms with van der Waals surface area (Å²) in [5, 5.41) is 31.2. The molecule has 0 unspecified atom stereocenters. The van der Waals surface area contributed by atoms with Gasteiger partial charge < -0.3 is 15.3 Å². The van der Waals surface area contributed by atoms with Crippen molar-refractivity contribution in [2.75, 3.05) is 0 Å². The molecule has 4 rings (SSSR count). The lowest BCUT2D eigenvalue weighted by Gasteiger charge is -2.54. The van der Waals surface area contributed by atoms with Gasteiger partial charge in [-0.3, -0.25) is 0 Å². The fourth-order valence-corrected chi connectivity index (χ4v) is 5.91. The molecule has 6 atom stereocenters. The van der Waals surface area contributed by atoms with Crippen LogP contribution in [0, 0.1) is 16.7 Å². The van der Waals surface area contributed by atoms with Crippen molar-refractivity contribution in [3.63, 3.8) is 0 Å². The second kappa shape index (κ2) is 4.68. The highest BCUT2D eigenvalue weighted by Crippen LogP contribution is 2.62. The summed E-state index contributed by atoms with van der Waals surface area (Å²) in [5.74, 6) is 0.392. The van der Waals surface area contributed by atoms with Gasteiger partial charge in [0, 0.05) is 5.41 Å². The average molecular weight is 304 g/mol. The van der Waals surface area contributed by atoms with E-state index in [0.717, 1.165) is 38.5 Å². The molecule has 0 aromatic carbocycles. The Labute approximate surface area is 132 Å². The summed E-state index contributed by atoms with van der Waals surface area (Å²) in [6.45, 7) is 4.52. The smallest absolute Gasteiger partial charge is 0.0793 e. The zero-order valence-corrected chi connectivity index (χ0v) is 13.7. The van der Waals surface area contributed by atoms with Gasteiger partial charge in [0.2, 0.25) is 0 Å². The zero-order chi connectivity index (χ0) is 15.7. The molecule has 0 heterocycles. The lowest BCUT2D eigenvalue weighted by Crippen LogP contribution is -2.47. The van der Waals surface area contributed by atoms with Crippen LogP contribution in [0.5, 0.6) is 0 Å². The first kappa shape index (κ1) is 14.9. The lowest BCUT2D eigenvalue weighted by molar-refractivity contribution is 0.0339. The molecule has 0 spiro atoms. The van der Waals surface area contributed by atoms with Crippen LogP contribution >= 0.6 is 0 Å². The van der Waals surface area contributed by atoms with Gasteiger partial charge in [-0.05, 0) is 61.9 Å². The fourth-order valence-electron chi connectivity index (χ4n) is 5.91. The minimum absolute atomic E-state index is 0.0929. The first-order valence-electron chi connectivity index (χ1n) is 8.85. The van der Waals surface area contributed by atoms with E-state index in [1.165, 1.54) is 16.7 Å². The van der Waals surface area contributed by atoms with Crippen molar-refractivity contribution in [2.24, 2.45) is 16.7 Å². The van der Waals surface area contributed by atoms with Crippen molar-refractivity contribution in [3.05, 3.63) is 22.8 Å². The average Bonchev–Trinajstić information content (AvgIpc) is 2.77. The van der Waals surface area contributed by atoms with E-state index in [1.54, 1.807) is 0 Å². The van der Waals surface area contributed by atoms with Gasteiger partial charge in [0.15, 0.2) is 0 Å². The van der Waals surface area contributed by atoms with Crippen LogP contribution in [0.4, 0.5) is 0 Å². The monoisotopic (exact) mass is 304 g/mol. The van der Waals surface area contributed by atoms with Gasteiger partial charge in [-0.2, -0.15) is 0 Å². The molecule has 0 saturated heterocycles. The van der Waals surface area contributed by atoms with E-state index in [4.69, 9.17) is 0 Å². The Morgan fingerprint density at radius 3 is 2.50 bits per heavy atom. The Balaban J connectivity index is 1.83. The Morgan fingerprint density at radius 2 is 1.73 bits per heavy atom. The molecule has 22 heavy (non-hydrogen) atoms. The van der Waals surface area contributed by atoms with E-state index in [9.17, 15) is 15.3 Å². The molecule has 0 aromatic rings. The number of aliphatic hydroxyl groups excluding tert-OH is 3. The molecule has 4 aliphatic carbocycles. The maximum absolute atomic E-state index is 10.8. The molecule has 0 amide bonds. The van der Waals surface area contributed by atoms with Crippen molar-refractivity contribution in [1.82, 2.24) is 0 Å². The second-order valence-corrected chi connectivity index (χ2v) is 8.43. The summed E-state index contributed by atoms with van der Waals surface area (Å²) in [5.41, 5.74) is 3.85. The van der Waals surface area contributed by atoms with E-state index < -0.39 is 6.10 Å². The Bertz CT molecular complexity index is 563. The Kier molecular flexibility index (Phi) is 3.18. The van der Waals surface area contributed by atoms with Crippen LogP contribution in [0.1, 0.15) is 58.8 Å². The van der Waals surface area contributed by atoms with Gasteiger partial charge >= 0.3 is 0 Å². The third-order valence-corrected chi connectivity index (χ3v) is 7.40. The molecular weight excluding hydrogens is 276 g/mol. The standard InChI is InChI=1S/C19H28O3/c1-18-7-5-12(20)9-11(18)10-15(21)17-13-3-4-16(22)19(13,2)8-6-14(17)18/h9,12,14-16,20-22H,3-8,10H2,1-2H3/t12-,14-,15-,16-,18-,19-/m0/s1. The molecule has 3 N–H and O–H groups in total. The van der Waals surface area contributed by atoms with Gasteiger partial charge in [-0.25, -0.2) is 0 Å². The lowest BCUT2D eigenvalue weighted by atomic mass is 9.52. The number of fused-ring (bicyclic) bond motifs is 4. The molecule has 0 radical (unpaired) electrons. The maximum atomic E-state index is 10.8. The SMILES string of the molecule is C[C@]12CC[C@H]3C(=C1CC[C@@H]2O)[C@@H](O)CC1=C[C@@H](O)CC[C@@]13C. The summed E-state index contributed by atoms with van der Waals surface area (Å²) in [6.07, 6.45) is 7.35. The highest BCUT2D eigenvalue weighted by molar-refractivity contribution is 5.42. The second-order valence-electron chi connectivity index (χ2n) is 8.43. The van der Waals surface area contributed by atoms with Gasteiger partial charge in [0.25, 0.3) is 0 Å². The minimum atomic E-state index is -0.422. The third-order valence-electron chi connectivity index (χ3n) is 7.40. The molecule has 4 aliphatic rings. The van der Waals surface area contributed by atoms with E-state index in [1.807, 2.05) is 6.08 Å². The minimum Gasteiger partial charge on any atom is -0.392 e. The van der Waals surface area contributed by atoms with Gasteiger partial charge in [0.05, 0.1) is 18.3 Å². The normalized spacial score (nSPS) is 51.0. The van der Waals surface area contributed by atoms with E-state index in [-0.39, 0.29) is 23.0 Å². The molecule has 0 aliphatic heterocycles. The van der Waals surface area contributed by atoms with Crippen LogP contribution in [-0.4, -0.2) is 33.6 Å². The van der Waals surface area contributed by atoms with Crippen molar-refractivity contribution in [1.29, 1.82) is 0 Å². The number of aliphatic hydroxyl groups is 3. The molecule has 3 nitrogen and oxygen atoms in total. The highest BCUT2D eigenvalue weighted by Gasteiger charge is 2.55. The fraction of sp³-hybridized carbons (Fsp3) is 0.789. The predicted octanol–water partition coefficient (Wildman–Crippen LogP) is 2.71. The van der Waals surface area contributed by atoms with Crippen molar-refractivity contribution in [2.45, 2.75) is 77.1 Å². The van der Waals surface area contributed by atoms with Crippen molar-refractivity contribution >= 4 is 0 Å². The van der Waals surface area contributed by atoms with E-state index in [0.29, 0.717) is 12.3 Å². The first-order valence-corrected chi connectivity index (χ1v) is 8.85. The summed E-state index contributed by atoms with van der Waals surface area (Å²) in [4.78, 5) is 0. The maximum Gasteiger partial charge on any atom is 0.0793 e. The molecule has 0 bridgehead atoms. The van der Waals surface area contributed by atoms with Crippen LogP contribution in [0.15, 0.2) is 22.8 Å². The number of hydrogen-bond donors (Lipinski definition) is 3. The Morgan fingerprint density at radius 1 is 1.00 bits per heavy atom. The molecular formula is C19H28O3. The summed E-state index contributed by atoms with van der Waals surface area (Å²) in [7, 11) is 0. The topological polar surface area (TPSA) is 60.7 Å². The van der Waals surface area contributed by atoms with E-state index >= 15 is 0 Å². The van der Waals surface area contributed by atoms with Crippen LogP contribution in [0.25, 0.3) is 0 Å². The van der Waals surface area contributed by atoms with Crippen LogP contribution < -0.4 is 0 Å². The number of hydrogen-bond acceptors (Lipinski definition) is 3. The zero-order valence-electron chi connectivity index (χ0n) is 13.7. The largest absolute Gasteiger partial charge is 0.392 e. The third kappa shape index (κ3) is 1.79. The molecule has 2 fully saturated rings. The van der Waals surface area contributed by atoms with Crippen LogP contribution in [0.2, 0.25) is 0 Å². The van der Waals surface area contributed by atoms with Crippen LogP contribution in [-0.2, 0) is 0 Å². The van der Waals surface area contributed by atoms with Crippen LogP contribution in [0.3, 0.4) is 0 Å². The Hall–Kier alpha value is -0.640. The van der Waals surface area contributed by atoms with E-state index in [2.05, 4.69) is 13.8 Å². The molecule has 0 aromatic heterocycles. The predicted molar refractivity (Wildman–Crippen MR) is 85.2 cm³/mol. The quantitative estimate of drug-likeness (QED) is 0.603. The van der Waals surface area contributed by atoms with Gasteiger partial charge in [-0.15, -0.1) is 0 Å². The highest BCUT2D eigenvalue weighted by atomic mass is 16.3. The summed E-state index contributed by atoms with van der Waals surface area (Å²) >= 11 is 0. The van der Waals surface area contributed by atoms with Crippen molar-refractivity contribution < 1.29 is 15.3 Å². The summed E-state index contributed by atoms with van der Waals surface area (Å²) < 4.78 is 0. The molecule has 2 saturated carbocycles.